The van der Waals surface area contributed by atoms with E-state index in [1.165, 1.54) is 463 Å². The van der Waals surface area contributed by atoms with Crippen LogP contribution in [0.4, 0.5) is 0 Å². The van der Waals surface area contributed by atoms with E-state index in [2.05, 4.69) is 48.3 Å². The zero-order valence-electron chi connectivity index (χ0n) is 60.4. The van der Waals surface area contributed by atoms with Gasteiger partial charge in [0, 0.05) is 0 Å². The van der Waals surface area contributed by atoms with Crippen LogP contribution in [0.2, 0.25) is 0 Å². The van der Waals surface area contributed by atoms with Crippen LogP contribution in [0.25, 0.3) is 0 Å². The normalized spacial score (nSPS) is 12.1. The van der Waals surface area contributed by atoms with Crippen molar-refractivity contribution >= 4 is 12.4 Å². The molecule has 0 amide bonds. The van der Waals surface area contributed by atoms with E-state index in [-0.39, 0.29) is 12.4 Å². The van der Waals surface area contributed by atoms with Gasteiger partial charge in [-0.2, -0.15) is 0 Å². The predicted molar refractivity (Wildman–Crippen MR) is 388 cm³/mol. The molecule has 1 unspecified atom stereocenters. The maximum absolute atomic E-state index is 7.65. The van der Waals surface area contributed by atoms with Gasteiger partial charge in [0.25, 0.3) is 0 Å². The van der Waals surface area contributed by atoms with Gasteiger partial charge in [0.15, 0.2) is 0 Å². The van der Waals surface area contributed by atoms with Gasteiger partial charge in [-0.15, -0.1) is 12.4 Å². The standard InChI is InChI=1S/2C36H74N.C8H17O.ClH.Ti/c2*1-3-5-7-9-11-13-15-17-19-21-23-25-27-29-31-33-35-37-36-34-32-30-28-26-24-22-20-18-16-14-12-10-8-6-4-2;1-3-5-6-8(4-2)7-9;;/h2*3-36H2,1-2H3;8H,3-7H2,1-2H3;1H;/q3*-1;;+3. The molecule has 0 aromatic heterocycles. The Morgan fingerprint density at radius 3 is 0.518 bits per heavy atom. The van der Waals surface area contributed by atoms with Crippen LogP contribution in [0.1, 0.15) is 478 Å². The molecule has 0 saturated heterocycles. The third-order valence-electron chi connectivity index (χ3n) is 19.7. The number of nitrogens with zero attached hydrogens (tertiary/aromatic N) is 2. The van der Waals surface area contributed by atoms with Crippen molar-refractivity contribution in [2.75, 3.05) is 32.8 Å². The van der Waals surface area contributed by atoms with Crippen LogP contribution < -0.4 is 0 Å². The van der Waals surface area contributed by atoms with E-state index in [1.54, 1.807) is 0 Å². The predicted octanol–water partition coefficient (Wildman–Crippen LogP) is 29.7. The van der Waals surface area contributed by atoms with Gasteiger partial charge in [0.1, 0.15) is 0 Å². The van der Waals surface area contributed by atoms with Crippen molar-refractivity contribution in [2.24, 2.45) is 5.92 Å². The van der Waals surface area contributed by atoms with E-state index in [0.717, 1.165) is 12.5 Å². The molecule has 0 aromatic rings. The van der Waals surface area contributed by atoms with Crippen molar-refractivity contribution in [2.45, 2.75) is 478 Å². The number of halogens is 1. The van der Waals surface area contributed by atoms with Crippen molar-refractivity contribution in [3.8, 4) is 0 Å². The molecule has 0 spiro atoms. The fraction of sp³-hybridized carbons (Fsp3) is 1.00. The second-order valence-electron chi connectivity index (χ2n) is 28.2. The van der Waals surface area contributed by atoms with Crippen LogP contribution in [0, 0.1) is 5.92 Å². The van der Waals surface area contributed by atoms with Crippen LogP contribution in [-0.4, -0.2) is 39.5 Å². The average Bonchev–Trinajstić information content (AvgIpc) is 3.68. The van der Waals surface area contributed by atoms with E-state index >= 15 is 0 Å². The molecule has 0 heterocycles. The summed E-state index contributed by atoms with van der Waals surface area (Å²) >= 11 is -2.17. The van der Waals surface area contributed by atoms with Gasteiger partial charge in [-0.25, -0.2) is 0 Å². The summed E-state index contributed by atoms with van der Waals surface area (Å²) in [5.74, 6) is 0.730. The molecule has 0 aliphatic carbocycles. The summed E-state index contributed by atoms with van der Waals surface area (Å²) in [5.41, 5.74) is 0. The van der Waals surface area contributed by atoms with E-state index in [1.807, 2.05) is 0 Å². The second-order valence-corrected chi connectivity index (χ2v) is 31.5. The first kappa shape index (κ1) is 87.9. The number of unbranched alkanes of at least 4 members (excludes halogenated alkanes) is 61. The fourth-order valence-corrected chi connectivity index (χ4v) is 17.5. The van der Waals surface area contributed by atoms with Crippen LogP contribution in [-0.2, 0) is 22.1 Å². The molecule has 0 bridgehead atoms. The third-order valence-corrected chi connectivity index (χ3v) is 23.4. The second kappa shape index (κ2) is 79.1. The van der Waals surface area contributed by atoms with Crippen molar-refractivity contribution in [1.29, 1.82) is 0 Å². The Morgan fingerprint density at radius 2 is 0.365 bits per heavy atom. The zero-order valence-corrected chi connectivity index (χ0v) is 62.8. The number of rotatable bonds is 77. The minimum Gasteiger partial charge on any atom is -0.147 e. The first-order chi connectivity index (χ1) is 41.7. The molecule has 0 aliphatic heterocycles. The van der Waals surface area contributed by atoms with E-state index in [9.17, 15) is 0 Å². The number of hydrogen-bond donors (Lipinski definition) is 0. The quantitative estimate of drug-likeness (QED) is 0.0446. The van der Waals surface area contributed by atoms with Gasteiger partial charge in [-0.3, -0.25) is 0 Å². The van der Waals surface area contributed by atoms with Gasteiger partial charge in [-0.05, 0) is 0 Å². The molecule has 3 nitrogen and oxygen atoms in total. The molecule has 85 heavy (non-hydrogen) atoms. The number of hydrogen-bond acceptors (Lipinski definition) is 3. The molecule has 0 aliphatic rings. The molecule has 0 rings (SSSR count). The summed E-state index contributed by atoms with van der Waals surface area (Å²) in [4.78, 5) is 0. The summed E-state index contributed by atoms with van der Waals surface area (Å²) in [5, 5.41) is 0. The minimum absolute atomic E-state index is 0. The smallest absolute Gasteiger partial charge is 0.147 e. The molecular formula is C80H166ClN2OTi. The zero-order chi connectivity index (χ0) is 60.6. The minimum atomic E-state index is -2.17. The molecular weight excluding hydrogens is 1090 g/mol. The van der Waals surface area contributed by atoms with Gasteiger partial charge >= 0.3 is 364 Å². The summed E-state index contributed by atoms with van der Waals surface area (Å²) in [6.45, 7) is 20.4. The van der Waals surface area contributed by atoms with Gasteiger partial charge in [-0.1, -0.05) is 182 Å². The monoisotopic (exact) mass is 1250 g/mol. The Bertz CT molecular complexity index is 994. The molecule has 5 heteroatoms. The van der Waals surface area contributed by atoms with Crippen LogP contribution in [0.3, 0.4) is 0 Å². The first-order valence-corrected chi connectivity index (χ1v) is 42.7. The summed E-state index contributed by atoms with van der Waals surface area (Å²) in [6.07, 6.45) is 98.2. The molecule has 0 radical (unpaired) electrons. The SMILES string of the molecule is CCCCCCCCCCCCCCCCCC[N](CCCCCCCCCCCCCCCCCC)[Ti]([O]CC(CC)CCCC)[N](CCCCCCCCCCCCCCCCCC)CCCCCCCCCCCCCCCCCC.Cl. The third kappa shape index (κ3) is 69.1. The summed E-state index contributed by atoms with van der Waals surface area (Å²) in [7, 11) is 0. The van der Waals surface area contributed by atoms with E-state index in [4.69, 9.17) is 3.32 Å². The Morgan fingerprint density at radius 1 is 0.212 bits per heavy atom. The van der Waals surface area contributed by atoms with Crippen molar-refractivity contribution in [3.05, 3.63) is 0 Å². The topological polar surface area (TPSA) is 15.7 Å². The van der Waals surface area contributed by atoms with Crippen molar-refractivity contribution in [3.63, 3.8) is 0 Å². The van der Waals surface area contributed by atoms with Crippen LogP contribution in [0.5, 0.6) is 0 Å². The van der Waals surface area contributed by atoms with E-state index in [0.29, 0.717) is 0 Å². The molecule has 0 aromatic carbocycles. The van der Waals surface area contributed by atoms with E-state index < -0.39 is 18.8 Å². The van der Waals surface area contributed by atoms with Crippen molar-refractivity contribution < 1.29 is 22.1 Å². The van der Waals surface area contributed by atoms with Gasteiger partial charge in [0.05, 0.1) is 0 Å². The molecule has 0 fully saturated rings. The Labute approximate surface area is 554 Å². The first-order valence-electron chi connectivity index (χ1n) is 40.7. The van der Waals surface area contributed by atoms with Gasteiger partial charge < -0.3 is 0 Å². The average molecular weight is 1260 g/mol. The van der Waals surface area contributed by atoms with Gasteiger partial charge in [0.2, 0.25) is 0 Å². The van der Waals surface area contributed by atoms with Crippen LogP contribution >= 0.6 is 12.4 Å². The Hall–Kier alpha value is 0.884. The summed E-state index contributed by atoms with van der Waals surface area (Å²) in [6, 6.07) is 0. The molecule has 1 atom stereocenters. The Kier molecular flexibility index (Phi) is 81.9. The maximum atomic E-state index is 7.65. The fourth-order valence-electron chi connectivity index (χ4n) is 13.5. The molecule has 0 saturated carbocycles. The summed E-state index contributed by atoms with van der Waals surface area (Å²) < 4.78 is 13.8. The van der Waals surface area contributed by atoms with Crippen molar-refractivity contribution in [1.82, 2.24) is 6.76 Å². The molecule has 0 N–H and O–H groups in total. The Balaban J connectivity index is 0. The molecule has 513 valence electrons. The van der Waals surface area contributed by atoms with Crippen LogP contribution in [0.15, 0.2) is 0 Å².